The van der Waals surface area contributed by atoms with Gasteiger partial charge in [0.15, 0.2) is 6.23 Å². The maximum absolute atomic E-state index is 15.8. The minimum atomic E-state index is -2.47. The zero-order valence-electron chi connectivity index (χ0n) is 35.6. The second-order valence-electron chi connectivity index (χ2n) is 16.9. The maximum atomic E-state index is 15.8. The number of aliphatic hydroxyl groups excluding tert-OH is 2. The van der Waals surface area contributed by atoms with Crippen molar-refractivity contribution in [2.45, 2.75) is 103 Å². The second kappa shape index (κ2) is 20.1. The van der Waals surface area contributed by atoms with E-state index >= 15 is 8.78 Å². The van der Waals surface area contributed by atoms with Gasteiger partial charge in [-0.2, -0.15) is 0 Å². The number of aldehydes is 1. The molecule has 0 aliphatic carbocycles. The van der Waals surface area contributed by atoms with E-state index in [1.807, 2.05) is 18.7 Å². The fourth-order valence-electron chi connectivity index (χ4n) is 7.78. The number of piperazine rings is 1. The van der Waals surface area contributed by atoms with Crippen molar-refractivity contribution in [1.29, 1.82) is 0 Å². The van der Waals surface area contributed by atoms with Crippen molar-refractivity contribution in [2.75, 3.05) is 37.7 Å². The van der Waals surface area contributed by atoms with Crippen molar-refractivity contribution in [3.8, 4) is 5.75 Å². The van der Waals surface area contributed by atoms with Gasteiger partial charge in [0.1, 0.15) is 41.7 Å². The van der Waals surface area contributed by atoms with Crippen LogP contribution in [-0.2, 0) is 30.5 Å². The number of anilines is 1. The van der Waals surface area contributed by atoms with E-state index in [4.69, 9.17) is 4.74 Å². The molecule has 0 bridgehead atoms. The lowest BCUT2D eigenvalue weighted by Gasteiger charge is -2.36. The molecule has 3 aliphatic heterocycles. The summed E-state index contributed by atoms with van der Waals surface area (Å²) in [5, 5.41) is 33.0. The predicted octanol–water partition coefficient (Wildman–Crippen LogP) is 3.59. The van der Waals surface area contributed by atoms with Crippen LogP contribution in [0.2, 0.25) is 0 Å². The number of amidine groups is 2. The number of aromatic hydroxyl groups is 1. The molecule has 2 fully saturated rings. The number of benzene rings is 2. The Bertz CT molecular complexity index is 2140. The van der Waals surface area contributed by atoms with Crippen LogP contribution in [-0.4, -0.2) is 136 Å². The van der Waals surface area contributed by atoms with Gasteiger partial charge >= 0.3 is 0 Å². The van der Waals surface area contributed by atoms with E-state index in [-0.39, 0.29) is 91.1 Å². The van der Waals surface area contributed by atoms with Gasteiger partial charge in [0.25, 0.3) is 0 Å². The number of aliphatic imine (C=N–C) groups is 3. The molecular weight excluding hydrogens is 809 g/mol. The van der Waals surface area contributed by atoms with Gasteiger partial charge in [0.2, 0.25) is 29.8 Å². The summed E-state index contributed by atoms with van der Waals surface area (Å²) >= 11 is 0. The fourth-order valence-corrected chi connectivity index (χ4v) is 7.78. The average Bonchev–Trinajstić information content (AvgIpc) is 3.46. The molecule has 2 saturated heterocycles. The number of nitrogens with zero attached hydrogens (tertiary/aromatic N) is 6. The summed E-state index contributed by atoms with van der Waals surface area (Å²) in [6, 6.07) is 7.11. The Kier molecular flexibility index (Phi) is 15.4. The van der Waals surface area contributed by atoms with Crippen LogP contribution in [0, 0.1) is 11.2 Å². The van der Waals surface area contributed by atoms with Crippen LogP contribution in [0.4, 0.5) is 14.5 Å². The maximum Gasteiger partial charge on any atom is 0.234 e. The van der Waals surface area contributed by atoms with Crippen LogP contribution in [0.1, 0.15) is 93.3 Å². The van der Waals surface area contributed by atoms with Gasteiger partial charge in [-0.3, -0.25) is 43.8 Å². The van der Waals surface area contributed by atoms with Gasteiger partial charge in [0, 0.05) is 75.7 Å². The summed E-state index contributed by atoms with van der Waals surface area (Å²) in [6.07, 6.45) is -1.76. The number of alkyl halides is 1. The predicted molar refractivity (Wildman–Crippen MR) is 227 cm³/mol. The molecule has 3 heterocycles. The number of halogens is 2. The number of carbonyl (C=O) groups is 5. The molecule has 0 radical (unpaired) electrons. The Balaban J connectivity index is 1.15. The van der Waals surface area contributed by atoms with Crippen molar-refractivity contribution >= 4 is 54.0 Å². The Labute approximate surface area is 359 Å². The number of phenols is 1. The number of hydrogen-bond acceptors (Lipinski definition) is 12. The quantitative estimate of drug-likeness (QED) is 0.0833. The van der Waals surface area contributed by atoms with Crippen molar-refractivity contribution < 1.29 is 52.8 Å². The first kappa shape index (κ1) is 47.5. The topological polar surface area (TPSA) is 214 Å². The van der Waals surface area contributed by atoms with Crippen LogP contribution >= 0.6 is 0 Å². The van der Waals surface area contributed by atoms with Crippen LogP contribution in [0.25, 0.3) is 0 Å². The molecule has 62 heavy (non-hydrogen) atoms. The molecule has 18 heteroatoms. The van der Waals surface area contributed by atoms with E-state index in [1.54, 1.807) is 43.9 Å². The van der Waals surface area contributed by atoms with Gasteiger partial charge in [0.05, 0.1) is 23.9 Å². The van der Waals surface area contributed by atoms with E-state index in [9.17, 15) is 39.3 Å². The SMILES string of the molecule is C=CC1(F)C(N=CCC(=NC=O)NC(=O)CC(C)(C)CC(=O)N2CCN(Cc3ccc(N4C(=O)CC(C)N=C4c4cc(C(C)C)c(C=O)cc4O)cc3F)CC2)OC(CO)C1O. The van der Waals surface area contributed by atoms with Crippen molar-refractivity contribution in [3.63, 3.8) is 0 Å². The van der Waals surface area contributed by atoms with Crippen molar-refractivity contribution in [3.05, 3.63) is 71.1 Å². The third-order valence-corrected chi connectivity index (χ3v) is 11.1. The third kappa shape index (κ3) is 10.9. The molecule has 16 nitrogen and oxygen atoms in total. The highest BCUT2D eigenvalue weighted by atomic mass is 19.1. The van der Waals surface area contributed by atoms with E-state index in [2.05, 4.69) is 26.9 Å². The first-order valence-corrected chi connectivity index (χ1v) is 20.4. The lowest BCUT2D eigenvalue weighted by atomic mass is 9.84. The highest BCUT2D eigenvalue weighted by molar-refractivity contribution is 6.25. The summed E-state index contributed by atoms with van der Waals surface area (Å²) in [4.78, 5) is 80.0. The number of ether oxygens (including phenoxy) is 1. The Hall–Kier alpha value is -5.56. The molecular formula is C44H55F2N7O9. The first-order valence-electron chi connectivity index (χ1n) is 20.4. The number of amides is 4. The summed E-state index contributed by atoms with van der Waals surface area (Å²) in [7, 11) is 0. The fraction of sp³-hybridized carbons (Fsp3) is 0.500. The average molecular weight is 864 g/mol. The summed E-state index contributed by atoms with van der Waals surface area (Å²) in [5.41, 5.74) is -1.39. The minimum absolute atomic E-state index is 0.0305. The highest BCUT2D eigenvalue weighted by Gasteiger charge is 2.55. The zero-order valence-corrected chi connectivity index (χ0v) is 35.6. The number of carbonyl (C=O) groups excluding carboxylic acids is 5. The number of nitrogens with one attached hydrogen (secondary N) is 1. The Morgan fingerprint density at radius 1 is 1.15 bits per heavy atom. The molecule has 0 saturated carbocycles. The summed E-state index contributed by atoms with van der Waals surface area (Å²) < 4.78 is 36.3. The zero-order chi connectivity index (χ0) is 45.5. The molecule has 0 spiro atoms. The van der Waals surface area contributed by atoms with E-state index in [0.29, 0.717) is 49.2 Å². The molecule has 2 aromatic rings. The number of aliphatic hydroxyl groups is 2. The van der Waals surface area contributed by atoms with Crippen molar-refractivity contribution in [2.24, 2.45) is 20.4 Å². The van der Waals surface area contributed by atoms with E-state index in [0.717, 1.165) is 12.3 Å². The standard InChI is InChI=1S/C44H55F2N7O9/c1-7-44(46)40(61)35(24-55)62-42(44)47-11-10-36(48-25-56)50-37(58)20-43(5,6)21-39(60)52-14-12-51(13-15-52)22-28-8-9-30(18-33(28)45)53-38(59)16-27(4)49-41(53)32-19-31(26(2)3)29(23-54)17-34(32)57/h7-9,11,17-19,23,25-27,35,40,42,55,57,61H,1,10,12-16,20-22,24H2,2-6H3,(H,48,50,56,58). The Morgan fingerprint density at radius 2 is 1.85 bits per heavy atom. The van der Waals surface area contributed by atoms with Crippen molar-refractivity contribution in [1.82, 2.24) is 15.1 Å². The summed E-state index contributed by atoms with van der Waals surface area (Å²) in [6.45, 7) is 13.7. The first-order chi connectivity index (χ1) is 29.3. The lowest BCUT2D eigenvalue weighted by molar-refractivity contribution is -0.135. The molecule has 5 rings (SSSR count). The molecule has 4 N–H and O–H groups in total. The van der Waals surface area contributed by atoms with Gasteiger partial charge in [-0.05, 0) is 54.2 Å². The van der Waals surface area contributed by atoms with Crippen LogP contribution in [0.15, 0.2) is 58.0 Å². The normalized spacial score (nSPS) is 23.8. The van der Waals surface area contributed by atoms with E-state index in [1.165, 1.54) is 17.0 Å². The van der Waals surface area contributed by atoms with Crippen LogP contribution in [0.5, 0.6) is 5.75 Å². The van der Waals surface area contributed by atoms with Crippen LogP contribution in [0.3, 0.4) is 0 Å². The highest BCUT2D eigenvalue weighted by Crippen LogP contribution is 2.37. The largest absolute Gasteiger partial charge is 0.507 e. The monoisotopic (exact) mass is 863 g/mol. The molecule has 5 atom stereocenters. The third-order valence-electron chi connectivity index (χ3n) is 11.1. The molecule has 2 aromatic carbocycles. The Morgan fingerprint density at radius 3 is 2.47 bits per heavy atom. The molecule has 5 unspecified atom stereocenters. The molecule has 3 aliphatic rings. The minimum Gasteiger partial charge on any atom is -0.507 e. The smallest absolute Gasteiger partial charge is 0.234 e. The molecule has 334 valence electrons. The number of phenolic OH excluding ortho intramolecular Hbond substituents is 1. The van der Waals surface area contributed by atoms with Gasteiger partial charge < -0.3 is 30.3 Å². The van der Waals surface area contributed by atoms with Gasteiger partial charge in [-0.25, -0.2) is 13.8 Å². The van der Waals surface area contributed by atoms with Gasteiger partial charge in [-0.15, -0.1) is 0 Å². The van der Waals surface area contributed by atoms with E-state index < -0.39 is 47.9 Å². The second-order valence-corrected chi connectivity index (χ2v) is 16.9. The van der Waals surface area contributed by atoms with Gasteiger partial charge in [-0.1, -0.05) is 40.3 Å². The lowest BCUT2D eigenvalue weighted by Crippen LogP contribution is -2.49. The van der Waals surface area contributed by atoms with Crippen LogP contribution < -0.4 is 10.2 Å². The number of rotatable bonds is 16. The molecule has 4 amide bonds. The number of hydrogen-bond donors (Lipinski definition) is 4. The molecule has 0 aromatic heterocycles. The summed E-state index contributed by atoms with van der Waals surface area (Å²) in [5.74, 6) is -1.77.